The summed E-state index contributed by atoms with van der Waals surface area (Å²) in [5.74, 6) is -1.38. The van der Waals surface area contributed by atoms with E-state index in [2.05, 4.69) is 18.5 Å². The van der Waals surface area contributed by atoms with Crippen LogP contribution < -0.4 is 5.32 Å². The first-order chi connectivity index (χ1) is 9.42. The number of hydrogen-bond acceptors (Lipinski definition) is 6. The van der Waals surface area contributed by atoms with Crippen LogP contribution in [-0.4, -0.2) is 36.3 Å². The Morgan fingerprint density at radius 3 is 1.90 bits per heavy atom. The average molecular weight is 301 g/mol. The first-order valence-corrected chi connectivity index (χ1v) is 6.48. The molecule has 0 aromatic rings. The van der Waals surface area contributed by atoms with Crippen molar-refractivity contribution in [1.82, 2.24) is 5.32 Å². The number of nitrogens with one attached hydrogen (secondary N) is 1. The highest BCUT2D eigenvalue weighted by molar-refractivity contribution is 7.45. The van der Waals surface area contributed by atoms with Crippen LogP contribution in [0.15, 0.2) is 25.3 Å². The minimum absolute atomic E-state index is 0.250. The quantitative estimate of drug-likeness (QED) is 0.394. The fourth-order valence-electron chi connectivity index (χ4n) is 1.19. The number of amides is 1. The zero-order chi connectivity index (χ0) is 15.6. The van der Waals surface area contributed by atoms with Gasteiger partial charge >= 0.3 is 17.6 Å². The van der Waals surface area contributed by atoms with E-state index >= 15 is 0 Å². The van der Waals surface area contributed by atoms with Gasteiger partial charge in [-0.25, -0.2) is 9.59 Å². The Morgan fingerprint density at radius 2 is 1.60 bits per heavy atom. The molecule has 0 aliphatic heterocycles. The summed E-state index contributed by atoms with van der Waals surface area (Å²) in [5.41, 5.74) is -1.97. The molecule has 0 rings (SSSR count). The molecule has 0 aromatic heterocycles. The maximum absolute atomic E-state index is 11.3. The highest BCUT2D eigenvalue weighted by atomic mass is 31.1. The third kappa shape index (κ3) is 6.24. The standard InChI is InChI=1S/C12H16NO6P/c1-4-9(14)18-7-12(6-3,13-11(16)20-17)8-19-10(15)5-2/h4-5H,1-2,6-8H2,3H3,(H,13,16). The third-order valence-corrected chi connectivity index (χ3v) is 2.72. The van der Waals surface area contributed by atoms with Crippen molar-refractivity contribution in [1.29, 1.82) is 0 Å². The second-order valence-electron chi connectivity index (χ2n) is 3.78. The highest BCUT2D eigenvalue weighted by Gasteiger charge is 2.33. The van der Waals surface area contributed by atoms with Gasteiger partial charge < -0.3 is 14.8 Å². The smallest absolute Gasteiger partial charge is 0.330 e. The van der Waals surface area contributed by atoms with Crippen LogP contribution in [0.4, 0.5) is 4.79 Å². The second-order valence-corrected chi connectivity index (χ2v) is 4.37. The molecule has 0 fully saturated rings. The fraction of sp³-hybridized carbons (Fsp3) is 0.417. The van der Waals surface area contributed by atoms with Crippen molar-refractivity contribution in [3.05, 3.63) is 25.3 Å². The van der Waals surface area contributed by atoms with Crippen LogP contribution in [0.5, 0.6) is 0 Å². The van der Waals surface area contributed by atoms with Gasteiger partial charge in [0.2, 0.25) is 0 Å². The predicted molar refractivity (Wildman–Crippen MR) is 71.5 cm³/mol. The van der Waals surface area contributed by atoms with E-state index in [-0.39, 0.29) is 19.6 Å². The zero-order valence-corrected chi connectivity index (χ0v) is 12.0. The lowest BCUT2D eigenvalue weighted by molar-refractivity contribution is -0.144. The molecule has 0 unspecified atom stereocenters. The molecule has 0 atom stereocenters. The van der Waals surface area contributed by atoms with Crippen LogP contribution >= 0.6 is 8.46 Å². The van der Waals surface area contributed by atoms with E-state index in [0.29, 0.717) is 0 Å². The molecule has 20 heavy (non-hydrogen) atoms. The molecular weight excluding hydrogens is 285 g/mol. The summed E-state index contributed by atoms with van der Waals surface area (Å²) in [5, 5.41) is 2.40. The van der Waals surface area contributed by atoms with Gasteiger partial charge in [0.25, 0.3) is 8.46 Å². The van der Waals surface area contributed by atoms with Crippen LogP contribution in [0.25, 0.3) is 0 Å². The Hall–Kier alpha value is -2.01. The number of rotatable bonds is 9. The minimum Gasteiger partial charge on any atom is -0.460 e. The van der Waals surface area contributed by atoms with Crippen LogP contribution in [0.2, 0.25) is 0 Å². The van der Waals surface area contributed by atoms with E-state index < -0.39 is 31.6 Å². The summed E-state index contributed by atoms with van der Waals surface area (Å²) in [6, 6.07) is 0. The minimum atomic E-state index is -1.16. The van der Waals surface area contributed by atoms with E-state index in [4.69, 9.17) is 9.47 Å². The Balaban J connectivity index is 4.93. The normalized spacial score (nSPS) is 10.4. The number of carbonyl (C=O) groups excluding carboxylic acids is 3. The summed E-state index contributed by atoms with van der Waals surface area (Å²) in [6.45, 7) is 7.67. The van der Waals surface area contributed by atoms with Crippen molar-refractivity contribution in [3.8, 4) is 0 Å². The molecule has 1 amide bonds. The Kier molecular flexibility index (Phi) is 8.08. The lowest BCUT2D eigenvalue weighted by atomic mass is 9.99. The summed E-state index contributed by atoms with van der Waals surface area (Å²) in [6.07, 6.45) is 2.21. The Labute approximate surface area is 118 Å². The first kappa shape index (κ1) is 18.0. The Bertz CT molecular complexity index is 396. The number of esters is 2. The molecule has 1 N–H and O–H groups in total. The number of carbonyl (C=O) groups is 3. The molecule has 0 heterocycles. The van der Waals surface area contributed by atoms with E-state index in [9.17, 15) is 18.9 Å². The van der Waals surface area contributed by atoms with E-state index in [1.807, 2.05) is 0 Å². The number of ether oxygens (including phenoxy) is 2. The lowest BCUT2D eigenvalue weighted by Gasteiger charge is -2.31. The molecule has 110 valence electrons. The van der Waals surface area contributed by atoms with Gasteiger partial charge in [-0.2, -0.15) is 0 Å². The largest absolute Gasteiger partial charge is 0.460 e. The SMILES string of the molecule is C=CC(=O)OCC(CC)(COC(=O)C=C)NC(=O)P=O. The van der Waals surface area contributed by atoms with Gasteiger partial charge in [0, 0.05) is 12.2 Å². The van der Waals surface area contributed by atoms with E-state index in [0.717, 1.165) is 12.2 Å². The molecule has 7 nitrogen and oxygen atoms in total. The topological polar surface area (TPSA) is 98.8 Å². The summed E-state index contributed by atoms with van der Waals surface area (Å²) < 4.78 is 20.3. The lowest BCUT2D eigenvalue weighted by Crippen LogP contribution is -2.54. The molecule has 0 bridgehead atoms. The summed E-state index contributed by atoms with van der Waals surface area (Å²) in [4.78, 5) is 33.4. The molecule has 8 heteroatoms. The summed E-state index contributed by atoms with van der Waals surface area (Å²) in [7, 11) is -0.744. The zero-order valence-electron chi connectivity index (χ0n) is 11.1. The van der Waals surface area contributed by atoms with Crippen LogP contribution in [-0.2, 0) is 23.6 Å². The van der Waals surface area contributed by atoms with Crippen LogP contribution in [0.1, 0.15) is 13.3 Å². The van der Waals surface area contributed by atoms with Crippen molar-refractivity contribution in [3.63, 3.8) is 0 Å². The van der Waals surface area contributed by atoms with Gasteiger partial charge in [0.1, 0.15) is 18.8 Å². The fourth-order valence-corrected chi connectivity index (χ4v) is 1.48. The van der Waals surface area contributed by atoms with Crippen molar-refractivity contribution in [2.24, 2.45) is 0 Å². The molecule has 0 aliphatic rings. The second kappa shape index (κ2) is 8.98. The summed E-state index contributed by atoms with van der Waals surface area (Å²) >= 11 is 0. The van der Waals surface area contributed by atoms with Crippen molar-refractivity contribution >= 4 is 26.0 Å². The van der Waals surface area contributed by atoms with Gasteiger partial charge in [-0.1, -0.05) is 20.1 Å². The molecule has 0 radical (unpaired) electrons. The monoisotopic (exact) mass is 301 g/mol. The molecule has 0 aliphatic carbocycles. The van der Waals surface area contributed by atoms with Gasteiger partial charge in [0.15, 0.2) is 0 Å². The van der Waals surface area contributed by atoms with E-state index in [1.54, 1.807) is 6.92 Å². The van der Waals surface area contributed by atoms with Crippen molar-refractivity contribution in [2.75, 3.05) is 13.2 Å². The predicted octanol–water partition coefficient (Wildman–Crippen LogP) is 1.59. The Morgan fingerprint density at radius 1 is 1.15 bits per heavy atom. The molecule has 0 saturated carbocycles. The van der Waals surface area contributed by atoms with Crippen LogP contribution in [0.3, 0.4) is 0 Å². The first-order valence-electron chi connectivity index (χ1n) is 5.67. The molecule has 0 saturated heterocycles. The van der Waals surface area contributed by atoms with Gasteiger partial charge in [-0.15, -0.1) is 0 Å². The van der Waals surface area contributed by atoms with Crippen molar-refractivity contribution < 1.29 is 28.4 Å². The molecular formula is C12H16NO6P. The van der Waals surface area contributed by atoms with Gasteiger partial charge in [-0.3, -0.25) is 9.36 Å². The number of hydrogen-bond donors (Lipinski definition) is 1. The van der Waals surface area contributed by atoms with Crippen molar-refractivity contribution in [2.45, 2.75) is 18.9 Å². The van der Waals surface area contributed by atoms with Gasteiger partial charge in [-0.05, 0) is 6.42 Å². The molecule has 0 aromatic carbocycles. The van der Waals surface area contributed by atoms with Gasteiger partial charge in [0.05, 0.1) is 0 Å². The van der Waals surface area contributed by atoms with Crippen LogP contribution in [0, 0.1) is 0 Å². The molecule has 0 spiro atoms. The highest BCUT2D eigenvalue weighted by Crippen LogP contribution is 2.15. The maximum Gasteiger partial charge on any atom is 0.330 e. The maximum atomic E-state index is 11.3. The average Bonchev–Trinajstić information content (AvgIpc) is 2.48. The van der Waals surface area contributed by atoms with E-state index in [1.165, 1.54) is 0 Å². The third-order valence-electron chi connectivity index (χ3n) is 2.45.